The van der Waals surface area contributed by atoms with Gasteiger partial charge in [0.25, 0.3) is 0 Å². The van der Waals surface area contributed by atoms with Gasteiger partial charge in [-0.15, -0.1) is 0 Å². The lowest BCUT2D eigenvalue weighted by Gasteiger charge is -2.24. The molecule has 2 heteroatoms. The Balaban J connectivity index is 2.07. The average Bonchev–Trinajstić information content (AvgIpc) is 2.74. The Kier molecular flexibility index (Phi) is 3.49. The van der Waals surface area contributed by atoms with Crippen LogP contribution in [0.5, 0.6) is 0 Å². The standard InChI is InChI=1S/C14H22N2/c1-11-4-5-12(2)14(8-11)16(3)10-13-6-7-15-9-13/h4-5,8,13,15H,6-7,9-10H2,1-3H3. The number of nitrogens with one attached hydrogen (secondary N) is 1. The predicted molar refractivity (Wildman–Crippen MR) is 70.2 cm³/mol. The number of nitrogens with zero attached hydrogens (tertiary/aromatic N) is 1. The van der Waals surface area contributed by atoms with E-state index in [0.29, 0.717) is 0 Å². The lowest BCUT2D eigenvalue weighted by atomic mass is 10.1. The maximum absolute atomic E-state index is 3.43. The van der Waals surface area contributed by atoms with Crippen molar-refractivity contribution in [2.24, 2.45) is 5.92 Å². The number of rotatable bonds is 3. The Hall–Kier alpha value is -1.02. The van der Waals surface area contributed by atoms with Gasteiger partial charge in [0.2, 0.25) is 0 Å². The normalized spacial score (nSPS) is 20.1. The molecule has 16 heavy (non-hydrogen) atoms. The fraction of sp³-hybridized carbons (Fsp3) is 0.571. The zero-order valence-corrected chi connectivity index (χ0v) is 10.6. The zero-order chi connectivity index (χ0) is 11.5. The van der Waals surface area contributed by atoms with Crippen LogP contribution in [0.15, 0.2) is 18.2 Å². The molecule has 1 unspecified atom stereocenters. The van der Waals surface area contributed by atoms with Crippen LogP contribution < -0.4 is 10.2 Å². The SMILES string of the molecule is Cc1ccc(C)c(N(C)CC2CCNC2)c1. The summed E-state index contributed by atoms with van der Waals surface area (Å²) >= 11 is 0. The zero-order valence-electron chi connectivity index (χ0n) is 10.6. The molecule has 0 aromatic heterocycles. The lowest BCUT2D eigenvalue weighted by Crippen LogP contribution is -2.27. The molecule has 0 aliphatic carbocycles. The van der Waals surface area contributed by atoms with E-state index >= 15 is 0 Å². The van der Waals surface area contributed by atoms with Crippen molar-refractivity contribution in [3.8, 4) is 0 Å². The molecule has 0 radical (unpaired) electrons. The molecule has 88 valence electrons. The first-order chi connectivity index (χ1) is 7.66. The first-order valence-electron chi connectivity index (χ1n) is 6.16. The second kappa shape index (κ2) is 4.88. The number of aryl methyl sites for hydroxylation is 2. The lowest BCUT2D eigenvalue weighted by molar-refractivity contribution is 0.578. The summed E-state index contributed by atoms with van der Waals surface area (Å²) in [6.45, 7) is 7.88. The van der Waals surface area contributed by atoms with Gasteiger partial charge in [0.15, 0.2) is 0 Å². The molecule has 1 heterocycles. The third kappa shape index (κ3) is 2.56. The van der Waals surface area contributed by atoms with Crippen LogP contribution in [0.3, 0.4) is 0 Å². The Labute approximate surface area is 98.7 Å². The van der Waals surface area contributed by atoms with Crippen LogP contribution in [0.2, 0.25) is 0 Å². The minimum atomic E-state index is 0.810. The van der Waals surface area contributed by atoms with E-state index in [2.05, 4.69) is 49.3 Å². The van der Waals surface area contributed by atoms with Gasteiger partial charge >= 0.3 is 0 Å². The molecule has 1 fully saturated rings. The van der Waals surface area contributed by atoms with Gasteiger partial charge in [0, 0.05) is 19.3 Å². The number of anilines is 1. The van der Waals surface area contributed by atoms with Crippen LogP contribution in [0.4, 0.5) is 5.69 Å². The summed E-state index contributed by atoms with van der Waals surface area (Å²) in [5, 5.41) is 3.43. The van der Waals surface area contributed by atoms with Crippen molar-refractivity contribution in [1.82, 2.24) is 5.32 Å². The van der Waals surface area contributed by atoms with Crippen molar-refractivity contribution < 1.29 is 0 Å². The third-order valence-corrected chi connectivity index (χ3v) is 3.47. The van der Waals surface area contributed by atoms with Crippen molar-refractivity contribution in [1.29, 1.82) is 0 Å². The van der Waals surface area contributed by atoms with Crippen LogP contribution in [0, 0.1) is 19.8 Å². The predicted octanol–water partition coefficient (Wildman–Crippen LogP) is 2.35. The van der Waals surface area contributed by atoms with E-state index in [1.165, 1.54) is 36.3 Å². The number of benzene rings is 1. The van der Waals surface area contributed by atoms with Crippen LogP contribution in [0.1, 0.15) is 17.5 Å². The Morgan fingerprint density at radius 2 is 2.19 bits per heavy atom. The van der Waals surface area contributed by atoms with Crippen LogP contribution in [0.25, 0.3) is 0 Å². The van der Waals surface area contributed by atoms with Crippen LogP contribution in [-0.2, 0) is 0 Å². The molecule has 1 aromatic rings. The number of hydrogen-bond donors (Lipinski definition) is 1. The second-order valence-electron chi connectivity index (χ2n) is 5.03. The summed E-state index contributed by atoms with van der Waals surface area (Å²) in [7, 11) is 2.21. The Bertz CT molecular complexity index is 354. The Morgan fingerprint density at radius 3 is 2.88 bits per heavy atom. The van der Waals surface area contributed by atoms with Crippen LogP contribution >= 0.6 is 0 Å². The molecule has 1 atom stereocenters. The van der Waals surface area contributed by atoms with E-state index in [0.717, 1.165) is 12.5 Å². The molecule has 1 N–H and O–H groups in total. The van der Waals surface area contributed by atoms with E-state index < -0.39 is 0 Å². The van der Waals surface area contributed by atoms with Crippen molar-refractivity contribution in [2.75, 3.05) is 31.6 Å². The molecular weight excluding hydrogens is 196 g/mol. The molecule has 0 amide bonds. The van der Waals surface area contributed by atoms with Gasteiger partial charge in [0.1, 0.15) is 0 Å². The highest BCUT2D eigenvalue weighted by molar-refractivity contribution is 5.54. The smallest absolute Gasteiger partial charge is 0.0396 e. The van der Waals surface area contributed by atoms with E-state index in [-0.39, 0.29) is 0 Å². The summed E-state index contributed by atoms with van der Waals surface area (Å²) < 4.78 is 0. The molecular formula is C14H22N2. The van der Waals surface area contributed by atoms with Gasteiger partial charge < -0.3 is 10.2 Å². The summed E-state index contributed by atoms with van der Waals surface area (Å²) in [4.78, 5) is 2.40. The Morgan fingerprint density at radius 1 is 1.38 bits per heavy atom. The minimum Gasteiger partial charge on any atom is -0.374 e. The van der Waals surface area contributed by atoms with Crippen LogP contribution in [-0.4, -0.2) is 26.7 Å². The monoisotopic (exact) mass is 218 g/mol. The average molecular weight is 218 g/mol. The molecule has 2 nitrogen and oxygen atoms in total. The van der Waals surface area contributed by atoms with Crippen molar-refractivity contribution in [2.45, 2.75) is 20.3 Å². The fourth-order valence-electron chi connectivity index (χ4n) is 2.49. The van der Waals surface area contributed by atoms with Crippen molar-refractivity contribution >= 4 is 5.69 Å². The molecule has 1 aliphatic rings. The third-order valence-electron chi connectivity index (χ3n) is 3.47. The second-order valence-corrected chi connectivity index (χ2v) is 5.03. The highest BCUT2D eigenvalue weighted by atomic mass is 15.1. The molecule has 0 bridgehead atoms. The first-order valence-corrected chi connectivity index (χ1v) is 6.16. The van der Waals surface area contributed by atoms with Gasteiger partial charge in [-0.1, -0.05) is 12.1 Å². The topological polar surface area (TPSA) is 15.3 Å². The van der Waals surface area contributed by atoms with Crippen molar-refractivity contribution in [3.63, 3.8) is 0 Å². The molecule has 0 spiro atoms. The van der Waals surface area contributed by atoms with Gasteiger partial charge in [-0.2, -0.15) is 0 Å². The maximum Gasteiger partial charge on any atom is 0.0396 e. The van der Waals surface area contributed by atoms with E-state index in [4.69, 9.17) is 0 Å². The molecule has 2 rings (SSSR count). The van der Waals surface area contributed by atoms with Gasteiger partial charge in [-0.05, 0) is 56.5 Å². The van der Waals surface area contributed by atoms with Crippen molar-refractivity contribution in [3.05, 3.63) is 29.3 Å². The molecule has 1 aromatic carbocycles. The highest BCUT2D eigenvalue weighted by Gasteiger charge is 2.17. The largest absolute Gasteiger partial charge is 0.374 e. The van der Waals surface area contributed by atoms with Gasteiger partial charge in [-0.25, -0.2) is 0 Å². The summed E-state index contributed by atoms with van der Waals surface area (Å²) in [6.07, 6.45) is 1.31. The van der Waals surface area contributed by atoms with Gasteiger partial charge in [0.05, 0.1) is 0 Å². The van der Waals surface area contributed by atoms with E-state index in [1.807, 2.05) is 0 Å². The molecule has 1 aliphatic heterocycles. The summed E-state index contributed by atoms with van der Waals surface area (Å²) in [5.41, 5.74) is 4.10. The molecule has 1 saturated heterocycles. The summed E-state index contributed by atoms with van der Waals surface area (Å²) in [6, 6.07) is 6.69. The first kappa shape index (κ1) is 11.5. The number of hydrogen-bond acceptors (Lipinski definition) is 2. The van der Waals surface area contributed by atoms with E-state index in [9.17, 15) is 0 Å². The summed E-state index contributed by atoms with van der Waals surface area (Å²) in [5.74, 6) is 0.810. The quantitative estimate of drug-likeness (QED) is 0.838. The van der Waals surface area contributed by atoms with E-state index in [1.54, 1.807) is 0 Å². The maximum atomic E-state index is 3.43. The molecule has 0 saturated carbocycles. The minimum absolute atomic E-state index is 0.810. The highest BCUT2D eigenvalue weighted by Crippen LogP contribution is 2.22. The fourth-order valence-corrected chi connectivity index (χ4v) is 2.49. The van der Waals surface area contributed by atoms with Gasteiger partial charge in [-0.3, -0.25) is 0 Å².